The molecule has 0 aromatic heterocycles. The molecule has 0 fully saturated rings. The van der Waals surface area contributed by atoms with Gasteiger partial charge in [0.05, 0.1) is 11.6 Å². The maximum absolute atomic E-state index is 8.99. The molecule has 0 aliphatic carbocycles. The molecular formula is C15H20N2. The molecule has 0 aliphatic rings. The standard InChI is InChI=1S/C15H20N2/c1-12(2)10-17-11-13(3)8-14-6-4-5-7-15(14)9-16/h4-8,12,17H,10-11H2,1-3H3/b13-8+. The highest BCUT2D eigenvalue weighted by Crippen LogP contribution is 2.11. The molecule has 0 heterocycles. The fraction of sp³-hybridized carbons (Fsp3) is 0.400. The minimum Gasteiger partial charge on any atom is -0.313 e. The largest absolute Gasteiger partial charge is 0.313 e. The Morgan fingerprint density at radius 2 is 2.12 bits per heavy atom. The van der Waals surface area contributed by atoms with Gasteiger partial charge in [-0.3, -0.25) is 0 Å². The Morgan fingerprint density at radius 1 is 1.41 bits per heavy atom. The Bertz CT molecular complexity index is 425. The summed E-state index contributed by atoms with van der Waals surface area (Å²) < 4.78 is 0. The SMILES string of the molecule is C/C(=C\c1ccccc1C#N)CNCC(C)C. The van der Waals surface area contributed by atoms with E-state index in [0.29, 0.717) is 5.92 Å². The van der Waals surface area contributed by atoms with E-state index in [1.54, 1.807) is 0 Å². The van der Waals surface area contributed by atoms with E-state index in [-0.39, 0.29) is 0 Å². The summed E-state index contributed by atoms with van der Waals surface area (Å²) in [4.78, 5) is 0. The van der Waals surface area contributed by atoms with Gasteiger partial charge in [0.15, 0.2) is 0 Å². The summed E-state index contributed by atoms with van der Waals surface area (Å²) in [6.07, 6.45) is 2.08. The van der Waals surface area contributed by atoms with Crippen LogP contribution in [0.1, 0.15) is 31.9 Å². The van der Waals surface area contributed by atoms with E-state index < -0.39 is 0 Å². The fourth-order valence-corrected chi connectivity index (χ4v) is 1.60. The summed E-state index contributed by atoms with van der Waals surface area (Å²) in [5.74, 6) is 0.661. The Kier molecular flexibility index (Phi) is 5.45. The highest BCUT2D eigenvalue weighted by molar-refractivity contribution is 5.60. The topological polar surface area (TPSA) is 35.8 Å². The van der Waals surface area contributed by atoms with Crippen molar-refractivity contribution < 1.29 is 0 Å². The van der Waals surface area contributed by atoms with Crippen LogP contribution in [0.5, 0.6) is 0 Å². The van der Waals surface area contributed by atoms with E-state index in [1.807, 2.05) is 24.3 Å². The molecule has 90 valence electrons. The predicted octanol–water partition coefficient (Wildman–Crippen LogP) is 3.21. The molecule has 1 aromatic carbocycles. The molecule has 2 heteroatoms. The summed E-state index contributed by atoms with van der Waals surface area (Å²) in [5, 5.41) is 12.4. The fourth-order valence-electron chi connectivity index (χ4n) is 1.60. The first-order valence-corrected chi connectivity index (χ1v) is 6.00. The molecule has 0 atom stereocenters. The van der Waals surface area contributed by atoms with Crippen LogP contribution in [0.2, 0.25) is 0 Å². The number of rotatable bonds is 5. The second-order valence-corrected chi connectivity index (χ2v) is 4.71. The van der Waals surface area contributed by atoms with Gasteiger partial charge in [0, 0.05) is 6.54 Å². The molecule has 2 nitrogen and oxygen atoms in total. The Hall–Kier alpha value is -1.59. The number of nitrogens with one attached hydrogen (secondary N) is 1. The lowest BCUT2D eigenvalue weighted by Crippen LogP contribution is -2.21. The number of nitriles is 1. The maximum Gasteiger partial charge on any atom is 0.0997 e. The van der Waals surface area contributed by atoms with Crippen LogP contribution in [0, 0.1) is 17.2 Å². The Labute approximate surface area is 104 Å². The molecular weight excluding hydrogens is 208 g/mol. The van der Waals surface area contributed by atoms with Gasteiger partial charge in [0.1, 0.15) is 0 Å². The van der Waals surface area contributed by atoms with Gasteiger partial charge in [-0.25, -0.2) is 0 Å². The number of nitrogens with zero attached hydrogens (tertiary/aromatic N) is 1. The lowest BCUT2D eigenvalue weighted by atomic mass is 10.1. The van der Waals surface area contributed by atoms with Crippen molar-refractivity contribution in [2.45, 2.75) is 20.8 Å². The van der Waals surface area contributed by atoms with Crippen LogP contribution in [0.25, 0.3) is 6.08 Å². The smallest absolute Gasteiger partial charge is 0.0997 e. The van der Waals surface area contributed by atoms with Crippen molar-refractivity contribution in [3.05, 3.63) is 41.0 Å². The summed E-state index contributed by atoms with van der Waals surface area (Å²) in [5.41, 5.74) is 2.97. The quantitative estimate of drug-likeness (QED) is 0.840. The Balaban J connectivity index is 2.65. The van der Waals surface area contributed by atoms with Gasteiger partial charge >= 0.3 is 0 Å². The predicted molar refractivity (Wildman–Crippen MR) is 72.5 cm³/mol. The number of hydrogen-bond donors (Lipinski definition) is 1. The second kappa shape index (κ2) is 6.88. The molecule has 0 radical (unpaired) electrons. The van der Waals surface area contributed by atoms with Crippen LogP contribution in [-0.4, -0.2) is 13.1 Å². The lowest BCUT2D eigenvalue weighted by Gasteiger charge is -2.07. The van der Waals surface area contributed by atoms with E-state index in [1.165, 1.54) is 5.57 Å². The zero-order chi connectivity index (χ0) is 12.7. The average Bonchev–Trinajstić information content (AvgIpc) is 2.29. The van der Waals surface area contributed by atoms with E-state index in [4.69, 9.17) is 5.26 Å². The monoisotopic (exact) mass is 228 g/mol. The van der Waals surface area contributed by atoms with E-state index in [0.717, 1.165) is 24.2 Å². The van der Waals surface area contributed by atoms with Gasteiger partial charge in [0.2, 0.25) is 0 Å². The Morgan fingerprint density at radius 3 is 2.76 bits per heavy atom. The van der Waals surface area contributed by atoms with Gasteiger partial charge in [0.25, 0.3) is 0 Å². The second-order valence-electron chi connectivity index (χ2n) is 4.71. The van der Waals surface area contributed by atoms with Crippen LogP contribution in [0.4, 0.5) is 0 Å². The van der Waals surface area contributed by atoms with Crippen LogP contribution in [0.3, 0.4) is 0 Å². The molecule has 17 heavy (non-hydrogen) atoms. The maximum atomic E-state index is 8.99. The molecule has 0 bridgehead atoms. The summed E-state index contributed by atoms with van der Waals surface area (Å²) >= 11 is 0. The minimum absolute atomic E-state index is 0.661. The van der Waals surface area contributed by atoms with Crippen molar-refractivity contribution in [1.82, 2.24) is 5.32 Å². The van der Waals surface area contributed by atoms with Crippen molar-refractivity contribution in [3.8, 4) is 6.07 Å². The first-order chi connectivity index (χ1) is 8.13. The zero-order valence-corrected chi connectivity index (χ0v) is 10.8. The number of benzene rings is 1. The van der Waals surface area contributed by atoms with Gasteiger partial charge in [-0.2, -0.15) is 5.26 Å². The highest BCUT2D eigenvalue weighted by atomic mass is 14.8. The molecule has 0 unspecified atom stereocenters. The van der Waals surface area contributed by atoms with Crippen molar-refractivity contribution in [2.75, 3.05) is 13.1 Å². The molecule has 1 rings (SSSR count). The van der Waals surface area contributed by atoms with Crippen molar-refractivity contribution in [2.24, 2.45) is 5.92 Å². The first kappa shape index (κ1) is 13.5. The van der Waals surface area contributed by atoms with E-state index >= 15 is 0 Å². The third-order valence-electron chi connectivity index (χ3n) is 2.44. The van der Waals surface area contributed by atoms with Crippen LogP contribution >= 0.6 is 0 Å². The molecule has 0 amide bonds. The normalized spacial score (nSPS) is 11.6. The van der Waals surface area contributed by atoms with Crippen LogP contribution in [-0.2, 0) is 0 Å². The third-order valence-corrected chi connectivity index (χ3v) is 2.44. The molecule has 1 N–H and O–H groups in total. The van der Waals surface area contributed by atoms with Crippen LogP contribution < -0.4 is 5.32 Å². The summed E-state index contributed by atoms with van der Waals surface area (Å²) in [6.45, 7) is 8.36. The summed E-state index contributed by atoms with van der Waals surface area (Å²) in [7, 11) is 0. The molecule has 0 saturated heterocycles. The number of hydrogen-bond acceptors (Lipinski definition) is 2. The van der Waals surface area contributed by atoms with Crippen LogP contribution in [0.15, 0.2) is 29.8 Å². The van der Waals surface area contributed by atoms with Gasteiger partial charge in [-0.05, 0) is 31.0 Å². The van der Waals surface area contributed by atoms with Crippen molar-refractivity contribution in [1.29, 1.82) is 5.26 Å². The average molecular weight is 228 g/mol. The molecule has 1 aromatic rings. The van der Waals surface area contributed by atoms with Crippen molar-refractivity contribution >= 4 is 6.08 Å². The van der Waals surface area contributed by atoms with E-state index in [2.05, 4.69) is 38.2 Å². The lowest BCUT2D eigenvalue weighted by molar-refractivity contribution is 0.572. The first-order valence-electron chi connectivity index (χ1n) is 6.00. The van der Waals surface area contributed by atoms with Gasteiger partial charge in [-0.1, -0.05) is 43.7 Å². The molecule has 0 aliphatic heterocycles. The van der Waals surface area contributed by atoms with E-state index in [9.17, 15) is 0 Å². The van der Waals surface area contributed by atoms with Gasteiger partial charge in [-0.15, -0.1) is 0 Å². The third kappa shape index (κ3) is 4.84. The van der Waals surface area contributed by atoms with Gasteiger partial charge < -0.3 is 5.32 Å². The zero-order valence-electron chi connectivity index (χ0n) is 10.8. The molecule has 0 saturated carbocycles. The summed E-state index contributed by atoms with van der Waals surface area (Å²) in [6, 6.07) is 9.89. The molecule has 0 spiro atoms. The highest BCUT2D eigenvalue weighted by Gasteiger charge is 1.98. The van der Waals surface area contributed by atoms with Crippen molar-refractivity contribution in [3.63, 3.8) is 0 Å². The minimum atomic E-state index is 0.661.